The summed E-state index contributed by atoms with van der Waals surface area (Å²) >= 11 is -0.747. The summed E-state index contributed by atoms with van der Waals surface area (Å²) in [5, 5.41) is 15.3. The van der Waals surface area contributed by atoms with Gasteiger partial charge in [0.15, 0.2) is 0 Å². The molecule has 1 N–H and O–H groups in total. The van der Waals surface area contributed by atoms with Crippen LogP contribution in [0, 0.1) is 30.0 Å². The molecule has 0 aromatic carbocycles. The Labute approximate surface area is 81.9 Å². The number of H-pyrrole nitrogens is 1. The fraction of sp³-hybridized carbons (Fsp3) is 0.167. The molecule has 1 heterocycles. The van der Waals surface area contributed by atoms with Gasteiger partial charge in [0.1, 0.15) is 5.82 Å². The molecule has 1 aromatic heterocycles. The van der Waals surface area contributed by atoms with Crippen LogP contribution in [0.3, 0.4) is 0 Å². The van der Waals surface area contributed by atoms with Crippen LogP contribution >= 0.6 is 0 Å². The Morgan fingerprint density at radius 2 is 2.08 bits per heavy atom. The average Bonchev–Trinajstić information content (AvgIpc) is 2.58. The molecule has 7 heteroatoms. The maximum absolute atomic E-state index is 7.65. The maximum atomic E-state index is 7.65. The number of hydrogen-bond acceptors (Lipinski definition) is 5. The van der Waals surface area contributed by atoms with Crippen molar-refractivity contribution in [1.82, 2.24) is 9.97 Å². The molecule has 0 saturated heterocycles. The molecular weight excluding hydrogens is 239 g/mol. The van der Waals surface area contributed by atoms with Crippen molar-refractivity contribution in [2.24, 2.45) is 0 Å². The number of aromatic amines is 1. The van der Waals surface area contributed by atoms with Gasteiger partial charge in [-0.05, 0) is 6.92 Å². The van der Waals surface area contributed by atoms with Gasteiger partial charge in [-0.3, -0.25) is 0 Å². The zero-order valence-electron chi connectivity index (χ0n) is 6.72. The van der Waals surface area contributed by atoms with Gasteiger partial charge < -0.3 is 4.98 Å². The van der Waals surface area contributed by atoms with E-state index >= 15 is 0 Å². The summed E-state index contributed by atoms with van der Waals surface area (Å²) in [7, 11) is 0. The predicted molar refractivity (Wildman–Crippen MR) is 42.5 cm³/mol. The van der Waals surface area contributed by atoms with Gasteiger partial charge in [0.25, 0.3) is 0 Å². The Hall–Kier alpha value is -1.69. The van der Waals surface area contributed by atoms with Crippen LogP contribution in [0.4, 0.5) is 0 Å². The van der Waals surface area contributed by atoms with Gasteiger partial charge in [0.2, 0.25) is 0 Å². The number of aromatic nitrogens is 2. The van der Waals surface area contributed by atoms with E-state index in [1.807, 2.05) is 6.92 Å². The number of nitrogens with one attached hydrogen (secondary N) is 1. The topological polar surface area (TPSA) is 94.7 Å². The van der Waals surface area contributed by atoms with Crippen LogP contribution in [0.1, 0.15) is 5.82 Å². The number of aryl methyl sites for hydroxylation is 1. The Balaban J connectivity index is 0.000000223. The fourth-order valence-electron chi connectivity index (χ4n) is 0.392. The summed E-state index contributed by atoms with van der Waals surface area (Å²) in [6, 6.07) is 0. The average molecular weight is 245 g/mol. The molecule has 0 fully saturated rings. The summed E-state index contributed by atoms with van der Waals surface area (Å²) in [4.78, 5) is 6.75. The van der Waals surface area contributed by atoms with Crippen molar-refractivity contribution in [3.05, 3.63) is 18.2 Å². The van der Waals surface area contributed by atoms with E-state index < -0.39 is 15.6 Å². The van der Waals surface area contributed by atoms with Gasteiger partial charge >= 0.3 is 46.3 Å². The molecule has 0 spiro atoms. The minimum absolute atomic E-state index is 0.747. The van der Waals surface area contributed by atoms with Crippen LogP contribution in [0.5, 0.6) is 0 Å². The molecule has 13 heavy (non-hydrogen) atoms. The zero-order valence-corrected chi connectivity index (χ0v) is 8.43. The van der Waals surface area contributed by atoms with Crippen LogP contribution < -0.4 is 0 Å². The number of nitrogens with zero attached hydrogens (tertiary/aromatic N) is 3. The van der Waals surface area contributed by atoms with Crippen molar-refractivity contribution in [3.63, 3.8) is 0 Å². The van der Waals surface area contributed by atoms with Crippen LogP contribution in [0.15, 0.2) is 12.4 Å². The third-order valence-corrected chi connectivity index (χ3v) is 1.38. The van der Waals surface area contributed by atoms with E-state index in [2.05, 4.69) is 17.6 Å². The predicted octanol–water partition coefficient (Wildman–Crippen LogP) is 0.234. The van der Waals surface area contributed by atoms with Gasteiger partial charge in [-0.15, -0.1) is 0 Å². The fourth-order valence-corrected chi connectivity index (χ4v) is 0.591. The number of nitriles is 2. The van der Waals surface area contributed by atoms with Crippen molar-refractivity contribution in [2.75, 3.05) is 0 Å². The summed E-state index contributed by atoms with van der Waals surface area (Å²) in [6.45, 7) is 1.92. The monoisotopic (exact) mass is 246 g/mol. The van der Waals surface area contributed by atoms with E-state index in [0.717, 1.165) is 5.82 Å². The van der Waals surface area contributed by atoms with Crippen molar-refractivity contribution < 1.29 is 7.64 Å². The van der Waals surface area contributed by atoms with Crippen molar-refractivity contribution in [2.45, 2.75) is 6.92 Å². The summed E-state index contributed by atoms with van der Waals surface area (Å²) in [6.07, 6.45) is 6.24. The molecule has 0 aliphatic rings. The van der Waals surface area contributed by atoms with E-state index in [0.29, 0.717) is 0 Å². The van der Waals surface area contributed by atoms with Crippen LogP contribution in [-0.2, 0) is 7.64 Å². The van der Waals surface area contributed by atoms with Crippen LogP contribution in [0.2, 0.25) is 0 Å². The van der Waals surface area contributed by atoms with Crippen molar-refractivity contribution in [1.29, 1.82) is 10.5 Å². The van der Waals surface area contributed by atoms with Gasteiger partial charge in [0, 0.05) is 12.4 Å². The molecule has 1 aromatic rings. The Kier molecular flexibility index (Phi) is 7.31. The van der Waals surface area contributed by atoms with Gasteiger partial charge in [-0.25, -0.2) is 4.98 Å². The molecule has 68 valence electrons. The second kappa shape index (κ2) is 8.41. The molecule has 1 rings (SSSR count). The molecule has 6 nitrogen and oxygen atoms in total. The zero-order chi connectivity index (χ0) is 9.94. The van der Waals surface area contributed by atoms with Crippen LogP contribution in [-0.4, -0.2) is 25.6 Å². The summed E-state index contributed by atoms with van der Waals surface area (Å²) in [5.41, 5.74) is 0. The third kappa shape index (κ3) is 8.21. The Morgan fingerprint density at radius 1 is 1.46 bits per heavy atom. The normalized spacial score (nSPS) is 7.00. The Morgan fingerprint density at radius 3 is 2.31 bits per heavy atom. The van der Waals surface area contributed by atoms with Crippen LogP contribution in [0.25, 0.3) is 0 Å². The third-order valence-electron chi connectivity index (χ3n) is 0.778. The molecule has 0 bridgehead atoms. The second-order valence-corrected chi connectivity index (χ2v) is 2.58. The number of imidazole rings is 1. The second-order valence-electron chi connectivity index (χ2n) is 1.59. The van der Waals surface area contributed by atoms with E-state index in [9.17, 15) is 0 Å². The molecule has 0 amide bonds. The first kappa shape index (κ1) is 11.3. The van der Waals surface area contributed by atoms with E-state index in [-0.39, 0.29) is 0 Å². The number of hydrogen-bond donors (Lipinski definition) is 1. The SMILES string of the molecule is Cc1ncc[nH]1.N#CO[Se]OC#N. The van der Waals surface area contributed by atoms with Crippen molar-refractivity contribution in [3.8, 4) is 12.5 Å². The molecular formula is C6H6N4O2Se. The molecule has 0 unspecified atom stereocenters. The van der Waals surface area contributed by atoms with E-state index in [1.165, 1.54) is 12.5 Å². The van der Waals surface area contributed by atoms with E-state index in [1.54, 1.807) is 12.4 Å². The number of rotatable bonds is 2. The molecule has 0 atom stereocenters. The summed E-state index contributed by atoms with van der Waals surface area (Å²) < 4.78 is 7.99. The first-order valence-corrected chi connectivity index (χ1v) is 4.44. The molecule has 0 aliphatic carbocycles. The molecule has 0 radical (unpaired) electrons. The first-order valence-electron chi connectivity index (χ1n) is 3.04. The van der Waals surface area contributed by atoms with Gasteiger partial charge in [-0.2, -0.15) is 0 Å². The minimum atomic E-state index is -0.747. The molecule has 0 aliphatic heterocycles. The summed E-state index contributed by atoms with van der Waals surface area (Å²) in [5.74, 6) is 0.968. The molecule has 0 saturated carbocycles. The van der Waals surface area contributed by atoms with Gasteiger partial charge in [-0.1, -0.05) is 0 Å². The van der Waals surface area contributed by atoms with Gasteiger partial charge in [0.05, 0.1) is 0 Å². The Bertz CT molecular complexity index is 273. The standard InChI is InChI=1S/C4H6N2.C2N2O2Se/c1-4-5-2-3-6-4;3-1-5-7-6-2-4/h2-3H,1H3,(H,5,6);. The quantitative estimate of drug-likeness (QED) is 0.457. The van der Waals surface area contributed by atoms with E-state index in [4.69, 9.17) is 10.5 Å². The van der Waals surface area contributed by atoms with Crippen molar-refractivity contribution >= 4 is 15.6 Å². The first-order chi connectivity index (χ1) is 6.31.